The first-order valence-corrected chi connectivity index (χ1v) is 9.16. The maximum absolute atomic E-state index is 11.2. The van der Waals surface area contributed by atoms with Gasteiger partial charge < -0.3 is 10.6 Å². The zero-order valence-corrected chi connectivity index (χ0v) is 15.2. The monoisotopic (exact) mass is 434 g/mol. The number of carbonyl (C=O) groups is 1. The van der Waals surface area contributed by atoms with E-state index in [4.69, 9.17) is 11.6 Å². The zero-order valence-electron chi connectivity index (χ0n) is 12.3. The normalized spacial score (nSPS) is 24.1. The van der Waals surface area contributed by atoms with E-state index in [1.165, 1.54) is 0 Å². The molecule has 0 unspecified atom stereocenters. The second-order valence-corrected chi connectivity index (χ2v) is 7.58. The molecule has 2 saturated heterocycles. The second-order valence-electron chi connectivity index (χ2n) is 5.94. The molecule has 1 aromatic heterocycles. The molecule has 0 spiro atoms. The molecule has 1 amide bonds. The minimum Gasteiger partial charge on any atom is -0.367 e. The number of pyridine rings is 1. The SMILES string of the molecule is O=C1CC[C@@H](N2CCC(Nc3cc(I)cc(Cl)n3)CC2)CN1. The molecule has 1 aromatic rings. The number of nitrogens with one attached hydrogen (secondary N) is 2. The van der Waals surface area contributed by atoms with Gasteiger partial charge in [0.05, 0.1) is 0 Å². The van der Waals surface area contributed by atoms with Crippen molar-refractivity contribution in [3.63, 3.8) is 0 Å². The van der Waals surface area contributed by atoms with Crippen LogP contribution >= 0.6 is 34.2 Å². The number of hydrogen-bond donors (Lipinski definition) is 2. The number of rotatable bonds is 3. The molecule has 120 valence electrons. The summed E-state index contributed by atoms with van der Waals surface area (Å²) in [5, 5.41) is 7.00. The highest BCUT2D eigenvalue weighted by Gasteiger charge is 2.28. The van der Waals surface area contributed by atoms with E-state index in [-0.39, 0.29) is 5.91 Å². The summed E-state index contributed by atoms with van der Waals surface area (Å²) in [7, 11) is 0. The predicted molar refractivity (Wildman–Crippen MR) is 96.2 cm³/mol. The Labute approximate surface area is 149 Å². The van der Waals surface area contributed by atoms with Crippen LogP contribution in [0.1, 0.15) is 25.7 Å². The lowest BCUT2D eigenvalue weighted by Crippen LogP contribution is -2.51. The van der Waals surface area contributed by atoms with Crippen LogP contribution in [-0.2, 0) is 4.79 Å². The quantitative estimate of drug-likeness (QED) is 0.567. The summed E-state index contributed by atoms with van der Waals surface area (Å²) in [5.74, 6) is 1.05. The van der Waals surface area contributed by atoms with E-state index in [0.29, 0.717) is 23.7 Å². The Hall–Kier alpha value is -0.600. The third-order valence-corrected chi connectivity index (χ3v) is 5.21. The van der Waals surface area contributed by atoms with Gasteiger partial charge in [-0.2, -0.15) is 0 Å². The van der Waals surface area contributed by atoms with Crippen molar-refractivity contribution in [2.75, 3.05) is 25.0 Å². The highest BCUT2D eigenvalue weighted by Crippen LogP contribution is 2.22. The number of likely N-dealkylation sites (tertiary alicyclic amines) is 1. The van der Waals surface area contributed by atoms with Crippen molar-refractivity contribution >= 4 is 45.9 Å². The Bertz CT molecular complexity index is 518. The van der Waals surface area contributed by atoms with E-state index in [9.17, 15) is 4.79 Å². The van der Waals surface area contributed by atoms with Crippen LogP contribution in [0.25, 0.3) is 0 Å². The lowest BCUT2D eigenvalue weighted by atomic mass is 9.99. The number of aromatic nitrogens is 1. The third-order valence-electron chi connectivity index (χ3n) is 4.40. The van der Waals surface area contributed by atoms with Crippen molar-refractivity contribution in [1.82, 2.24) is 15.2 Å². The summed E-state index contributed by atoms with van der Waals surface area (Å²) in [6.45, 7) is 2.93. The molecule has 3 heterocycles. The Morgan fingerprint density at radius 3 is 2.73 bits per heavy atom. The molecule has 0 aliphatic carbocycles. The molecule has 7 heteroatoms. The molecule has 5 nitrogen and oxygen atoms in total. The van der Waals surface area contributed by atoms with Crippen LogP contribution < -0.4 is 10.6 Å². The summed E-state index contributed by atoms with van der Waals surface area (Å²) in [6, 6.07) is 4.82. The third kappa shape index (κ3) is 4.23. The van der Waals surface area contributed by atoms with Gasteiger partial charge in [0.1, 0.15) is 11.0 Å². The fourth-order valence-electron chi connectivity index (χ4n) is 3.19. The molecule has 2 aliphatic heterocycles. The standard InChI is InChI=1S/C15H20ClIN4O/c16-13-7-10(17)8-14(20-13)19-11-3-5-21(6-4-11)12-1-2-15(22)18-9-12/h7-8,11-12H,1-6,9H2,(H,18,22)(H,19,20)/t12-/m1/s1. The van der Waals surface area contributed by atoms with Crippen molar-refractivity contribution in [2.24, 2.45) is 0 Å². The van der Waals surface area contributed by atoms with Gasteiger partial charge >= 0.3 is 0 Å². The highest BCUT2D eigenvalue weighted by atomic mass is 127. The topological polar surface area (TPSA) is 57.3 Å². The summed E-state index contributed by atoms with van der Waals surface area (Å²) < 4.78 is 1.09. The van der Waals surface area contributed by atoms with Crippen molar-refractivity contribution in [3.05, 3.63) is 20.9 Å². The van der Waals surface area contributed by atoms with Crippen LogP contribution in [-0.4, -0.2) is 47.5 Å². The van der Waals surface area contributed by atoms with Gasteiger partial charge in [-0.05, 0) is 54.0 Å². The van der Waals surface area contributed by atoms with Gasteiger partial charge in [0, 0.05) is 41.7 Å². The first-order chi connectivity index (χ1) is 10.6. The number of amides is 1. The van der Waals surface area contributed by atoms with Crippen molar-refractivity contribution in [3.8, 4) is 0 Å². The number of hydrogen-bond acceptors (Lipinski definition) is 4. The lowest BCUT2D eigenvalue weighted by Gasteiger charge is -2.39. The van der Waals surface area contributed by atoms with Crippen LogP contribution in [0.5, 0.6) is 0 Å². The highest BCUT2D eigenvalue weighted by molar-refractivity contribution is 14.1. The van der Waals surface area contributed by atoms with Gasteiger partial charge in [0.15, 0.2) is 0 Å². The van der Waals surface area contributed by atoms with Gasteiger partial charge in [0.2, 0.25) is 5.91 Å². The lowest BCUT2D eigenvalue weighted by molar-refractivity contribution is -0.123. The van der Waals surface area contributed by atoms with E-state index in [1.807, 2.05) is 12.1 Å². The average molecular weight is 435 g/mol. The summed E-state index contributed by atoms with van der Waals surface area (Å²) >= 11 is 8.26. The van der Waals surface area contributed by atoms with Gasteiger partial charge in [-0.15, -0.1) is 0 Å². The number of carbonyl (C=O) groups excluding carboxylic acids is 1. The number of piperidine rings is 2. The smallest absolute Gasteiger partial charge is 0.220 e. The number of anilines is 1. The maximum atomic E-state index is 11.2. The van der Waals surface area contributed by atoms with Crippen LogP contribution in [0.2, 0.25) is 5.15 Å². The number of halogens is 2. The van der Waals surface area contributed by atoms with Gasteiger partial charge in [-0.25, -0.2) is 4.98 Å². The van der Waals surface area contributed by atoms with Crippen molar-refractivity contribution in [1.29, 1.82) is 0 Å². The largest absolute Gasteiger partial charge is 0.367 e. The molecule has 3 rings (SSSR count). The molecular weight excluding hydrogens is 415 g/mol. The molecule has 0 bridgehead atoms. The van der Waals surface area contributed by atoms with E-state index < -0.39 is 0 Å². The Morgan fingerprint density at radius 1 is 1.32 bits per heavy atom. The van der Waals surface area contributed by atoms with Gasteiger partial charge in [-0.1, -0.05) is 11.6 Å². The molecule has 1 atom stereocenters. The average Bonchev–Trinajstić information content (AvgIpc) is 2.48. The van der Waals surface area contributed by atoms with E-state index in [1.54, 1.807) is 0 Å². The van der Waals surface area contributed by atoms with Crippen LogP contribution in [0, 0.1) is 3.57 Å². The van der Waals surface area contributed by atoms with Crippen LogP contribution in [0.4, 0.5) is 5.82 Å². The van der Waals surface area contributed by atoms with Crippen molar-refractivity contribution in [2.45, 2.75) is 37.8 Å². The summed E-state index contributed by atoms with van der Waals surface area (Å²) in [5.41, 5.74) is 0. The second kappa shape index (κ2) is 7.31. The zero-order chi connectivity index (χ0) is 15.5. The Morgan fingerprint density at radius 2 is 2.09 bits per heavy atom. The molecule has 2 aliphatic rings. The molecule has 2 N–H and O–H groups in total. The predicted octanol–water partition coefficient (Wildman–Crippen LogP) is 2.49. The van der Waals surface area contributed by atoms with Crippen molar-refractivity contribution < 1.29 is 4.79 Å². The van der Waals surface area contributed by atoms with E-state index in [2.05, 4.69) is 43.1 Å². The first kappa shape index (κ1) is 16.3. The summed E-state index contributed by atoms with van der Waals surface area (Å²) in [4.78, 5) is 18.1. The van der Waals surface area contributed by atoms with E-state index in [0.717, 1.165) is 48.3 Å². The first-order valence-electron chi connectivity index (χ1n) is 7.70. The van der Waals surface area contributed by atoms with Gasteiger partial charge in [0.25, 0.3) is 0 Å². The molecule has 0 radical (unpaired) electrons. The molecular formula is C15H20ClIN4O. The molecule has 22 heavy (non-hydrogen) atoms. The molecule has 2 fully saturated rings. The fraction of sp³-hybridized carbons (Fsp3) is 0.600. The Kier molecular flexibility index (Phi) is 5.41. The van der Waals surface area contributed by atoms with Gasteiger partial charge in [-0.3, -0.25) is 9.69 Å². The minimum absolute atomic E-state index is 0.189. The van der Waals surface area contributed by atoms with Crippen LogP contribution in [0.15, 0.2) is 12.1 Å². The Balaban J connectivity index is 1.50. The number of nitrogens with zero attached hydrogens (tertiary/aromatic N) is 2. The minimum atomic E-state index is 0.189. The van der Waals surface area contributed by atoms with E-state index >= 15 is 0 Å². The fourth-order valence-corrected chi connectivity index (χ4v) is 4.17. The molecule has 0 saturated carbocycles. The maximum Gasteiger partial charge on any atom is 0.220 e. The van der Waals surface area contributed by atoms with Crippen LogP contribution in [0.3, 0.4) is 0 Å². The molecule has 0 aromatic carbocycles. The summed E-state index contributed by atoms with van der Waals surface area (Å²) in [6.07, 6.45) is 3.83.